The second-order valence-electron chi connectivity index (χ2n) is 6.36. The molecule has 4 rings (SSSR count). The van der Waals surface area contributed by atoms with E-state index in [1.165, 1.54) is 7.11 Å². The standard InChI is InChI=1S/C21H19NO7/c1-12-16(13(2)29-22-12)10-25-17-6-4-14(8-19(17)24-3)21(23)28-15-5-7-18-20(9-15)27-11-26-18/h4-9H,10-11H2,1-3H3. The molecular formula is C21H19NO7. The van der Waals surface area contributed by atoms with Crippen LogP contribution in [-0.4, -0.2) is 25.0 Å². The van der Waals surface area contributed by atoms with Crippen LogP contribution in [0.15, 0.2) is 40.9 Å². The van der Waals surface area contributed by atoms with E-state index in [1.807, 2.05) is 13.8 Å². The van der Waals surface area contributed by atoms with E-state index in [2.05, 4.69) is 5.16 Å². The van der Waals surface area contributed by atoms with E-state index >= 15 is 0 Å². The number of carbonyl (C=O) groups is 1. The van der Waals surface area contributed by atoms with Gasteiger partial charge in [-0.05, 0) is 44.2 Å². The summed E-state index contributed by atoms with van der Waals surface area (Å²) in [6, 6.07) is 9.78. The number of hydrogen-bond donors (Lipinski definition) is 0. The monoisotopic (exact) mass is 397 g/mol. The molecule has 0 fully saturated rings. The summed E-state index contributed by atoms with van der Waals surface area (Å²) in [5.74, 6) is 2.59. The average molecular weight is 397 g/mol. The van der Waals surface area contributed by atoms with E-state index in [-0.39, 0.29) is 13.4 Å². The maximum atomic E-state index is 12.5. The van der Waals surface area contributed by atoms with Crippen LogP contribution >= 0.6 is 0 Å². The number of carbonyl (C=O) groups excluding carboxylic acids is 1. The third kappa shape index (κ3) is 3.82. The lowest BCUT2D eigenvalue weighted by molar-refractivity contribution is 0.0734. The van der Waals surface area contributed by atoms with E-state index in [9.17, 15) is 4.79 Å². The molecular weight excluding hydrogens is 378 g/mol. The van der Waals surface area contributed by atoms with Gasteiger partial charge in [0.15, 0.2) is 23.0 Å². The molecule has 0 saturated heterocycles. The number of hydrogen-bond acceptors (Lipinski definition) is 8. The SMILES string of the molecule is COc1cc(C(=O)Oc2ccc3c(c2)OCO3)ccc1OCc1c(C)noc1C. The van der Waals surface area contributed by atoms with Crippen LogP contribution in [0.2, 0.25) is 0 Å². The summed E-state index contributed by atoms with van der Waals surface area (Å²) in [6.07, 6.45) is 0. The lowest BCUT2D eigenvalue weighted by atomic mass is 10.2. The predicted molar refractivity (Wildman–Crippen MR) is 101 cm³/mol. The maximum absolute atomic E-state index is 12.5. The first-order chi connectivity index (χ1) is 14.0. The molecule has 8 nitrogen and oxygen atoms in total. The summed E-state index contributed by atoms with van der Waals surface area (Å²) < 4.78 is 32.3. The van der Waals surface area contributed by atoms with Gasteiger partial charge >= 0.3 is 5.97 Å². The third-order valence-electron chi connectivity index (χ3n) is 4.51. The number of nitrogens with zero attached hydrogens (tertiary/aromatic N) is 1. The summed E-state index contributed by atoms with van der Waals surface area (Å²) in [4.78, 5) is 12.5. The summed E-state index contributed by atoms with van der Waals surface area (Å²) >= 11 is 0. The minimum absolute atomic E-state index is 0.152. The van der Waals surface area contributed by atoms with Gasteiger partial charge in [-0.25, -0.2) is 4.79 Å². The minimum atomic E-state index is -0.528. The Morgan fingerprint density at radius 3 is 2.66 bits per heavy atom. The summed E-state index contributed by atoms with van der Waals surface area (Å²) in [5.41, 5.74) is 1.97. The van der Waals surface area contributed by atoms with Gasteiger partial charge in [0.1, 0.15) is 18.1 Å². The van der Waals surface area contributed by atoms with Crippen LogP contribution in [0.1, 0.15) is 27.4 Å². The van der Waals surface area contributed by atoms with Crippen molar-refractivity contribution in [1.82, 2.24) is 5.16 Å². The zero-order valence-corrected chi connectivity index (χ0v) is 16.2. The van der Waals surface area contributed by atoms with Crippen molar-refractivity contribution in [2.75, 3.05) is 13.9 Å². The molecule has 0 saturated carbocycles. The molecule has 0 N–H and O–H groups in total. The second-order valence-corrected chi connectivity index (χ2v) is 6.36. The molecule has 1 aliphatic rings. The van der Waals surface area contributed by atoms with Crippen molar-refractivity contribution in [2.24, 2.45) is 0 Å². The molecule has 0 amide bonds. The van der Waals surface area contributed by atoms with Crippen LogP contribution in [0, 0.1) is 13.8 Å². The lowest BCUT2D eigenvalue weighted by Gasteiger charge is -2.12. The van der Waals surface area contributed by atoms with Crippen molar-refractivity contribution in [1.29, 1.82) is 0 Å². The van der Waals surface area contributed by atoms with Crippen molar-refractivity contribution in [2.45, 2.75) is 20.5 Å². The molecule has 0 aliphatic carbocycles. The fraction of sp³-hybridized carbons (Fsp3) is 0.238. The number of ether oxygens (including phenoxy) is 5. The van der Waals surface area contributed by atoms with Crippen LogP contribution in [0.3, 0.4) is 0 Å². The highest BCUT2D eigenvalue weighted by Crippen LogP contribution is 2.35. The first kappa shape index (κ1) is 18.7. The van der Waals surface area contributed by atoms with Crippen LogP contribution < -0.4 is 23.7 Å². The third-order valence-corrected chi connectivity index (χ3v) is 4.51. The Balaban J connectivity index is 1.47. The fourth-order valence-corrected chi connectivity index (χ4v) is 2.88. The Labute approximate surface area is 166 Å². The smallest absolute Gasteiger partial charge is 0.343 e. The van der Waals surface area contributed by atoms with E-state index < -0.39 is 5.97 Å². The Morgan fingerprint density at radius 2 is 1.90 bits per heavy atom. The zero-order chi connectivity index (χ0) is 20.4. The fourth-order valence-electron chi connectivity index (χ4n) is 2.88. The summed E-state index contributed by atoms with van der Waals surface area (Å²) in [6.45, 7) is 4.10. The van der Waals surface area contributed by atoms with Gasteiger partial charge in [0.05, 0.1) is 23.9 Å². The van der Waals surface area contributed by atoms with Crippen molar-refractivity contribution in [3.05, 3.63) is 59.0 Å². The number of methoxy groups -OCH3 is 1. The Kier molecular flexibility index (Phi) is 4.99. The normalized spacial score (nSPS) is 12.0. The topological polar surface area (TPSA) is 89.3 Å². The molecule has 2 heterocycles. The van der Waals surface area contributed by atoms with Gasteiger partial charge in [0, 0.05) is 6.07 Å². The average Bonchev–Trinajstić information content (AvgIpc) is 3.32. The van der Waals surface area contributed by atoms with Crippen molar-refractivity contribution in [3.63, 3.8) is 0 Å². The number of benzene rings is 2. The van der Waals surface area contributed by atoms with Crippen LogP contribution in [0.25, 0.3) is 0 Å². The van der Waals surface area contributed by atoms with Crippen LogP contribution in [0.4, 0.5) is 0 Å². The highest BCUT2D eigenvalue weighted by molar-refractivity contribution is 5.92. The van der Waals surface area contributed by atoms with Gasteiger partial charge in [-0.2, -0.15) is 0 Å². The second kappa shape index (κ2) is 7.75. The molecule has 2 aromatic carbocycles. The van der Waals surface area contributed by atoms with Gasteiger partial charge in [-0.15, -0.1) is 0 Å². The summed E-state index contributed by atoms with van der Waals surface area (Å²) in [7, 11) is 1.51. The van der Waals surface area contributed by atoms with E-state index in [4.69, 9.17) is 28.2 Å². The molecule has 3 aromatic rings. The van der Waals surface area contributed by atoms with Gasteiger partial charge in [-0.1, -0.05) is 5.16 Å². The van der Waals surface area contributed by atoms with Crippen LogP contribution in [0.5, 0.6) is 28.7 Å². The van der Waals surface area contributed by atoms with Gasteiger partial charge in [-0.3, -0.25) is 0 Å². The molecule has 0 spiro atoms. The van der Waals surface area contributed by atoms with Gasteiger partial charge in [0.25, 0.3) is 0 Å². The quantitative estimate of drug-likeness (QED) is 0.458. The molecule has 29 heavy (non-hydrogen) atoms. The predicted octanol–water partition coefficient (Wildman–Crippen LogP) is 3.83. The molecule has 8 heteroatoms. The molecule has 1 aromatic heterocycles. The number of aryl methyl sites for hydroxylation is 2. The molecule has 0 atom stereocenters. The minimum Gasteiger partial charge on any atom is -0.493 e. The molecule has 0 radical (unpaired) electrons. The number of rotatable bonds is 6. The van der Waals surface area contributed by atoms with E-state index in [0.717, 1.165) is 11.3 Å². The van der Waals surface area contributed by atoms with Gasteiger partial charge < -0.3 is 28.2 Å². The molecule has 150 valence electrons. The first-order valence-electron chi connectivity index (χ1n) is 8.89. The number of aromatic nitrogens is 1. The Hall–Kier alpha value is -3.68. The van der Waals surface area contributed by atoms with Crippen molar-refractivity contribution >= 4 is 5.97 Å². The van der Waals surface area contributed by atoms with Crippen molar-refractivity contribution in [3.8, 4) is 28.7 Å². The van der Waals surface area contributed by atoms with Gasteiger partial charge in [0.2, 0.25) is 6.79 Å². The first-order valence-corrected chi connectivity index (χ1v) is 8.89. The zero-order valence-electron chi connectivity index (χ0n) is 16.2. The van der Waals surface area contributed by atoms with Crippen molar-refractivity contribution < 1.29 is 33.0 Å². The largest absolute Gasteiger partial charge is 0.493 e. The molecule has 1 aliphatic heterocycles. The number of fused-ring (bicyclic) bond motifs is 1. The molecule has 0 unspecified atom stereocenters. The lowest BCUT2D eigenvalue weighted by Crippen LogP contribution is -2.09. The highest BCUT2D eigenvalue weighted by atomic mass is 16.7. The maximum Gasteiger partial charge on any atom is 0.343 e. The highest BCUT2D eigenvalue weighted by Gasteiger charge is 2.18. The number of esters is 1. The van der Waals surface area contributed by atoms with E-state index in [1.54, 1.807) is 36.4 Å². The Bertz CT molecular complexity index is 1040. The molecule has 0 bridgehead atoms. The summed E-state index contributed by atoms with van der Waals surface area (Å²) in [5, 5.41) is 3.91. The van der Waals surface area contributed by atoms with E-state index in [0.29, 0.717) is 40.1 Å². The Morgan fingerprint density at radius 1 is 1.07 bits per heavy atom. The van der Waals surface area contributed by atoms with Crippen LogP contribution in [-0.2, 0) is 6.61 Å².